The highest BCUT2D eigenvalue weighted by Gasteiger charge is 2.27. The molecule has 2 aliphatic rings. The molecule has 1 N–H and O–H groups in total. The molecule has 2 rings (SSSR count). The standard InChI is InChI=1S/C12H23NOS/c1-10(11-4-5-11)13-6-8-15-9-12-3-2-7-14-12/h10-13H,2-9H2,1H3. The first-order valence-electron chi connectivity index (χ1n) is 6.29. The minimum atomic E-state index is 0.552. The molecule has 0 aromatic carbocycles. The third kappa shape index (κ3) is 4.33. The molecule has 1 aliphatic carbocycles. The fourth-order valence-electron chi connectivity index (χ4n) is 2.11. The Labute approximate surface area is 97.5 Å². The Balaban J connectivity index is 1.41. The van der Waals surface area contributed by atoms with Gasteiger partial charge in [0.25, 0.3) is 0 Å². The summed E-state index contributed by atoms with van der Waals surface area (Å²) in [5, 5.41) is 3.61. The maximum atomic E-state index is 5.59. The van der Waals surface area contributed by atoms with E-state index in [0.717, 1.165) is 25.1 Å². The van der Waals surface area contributed by atoms with Crippen molar-refractivity contribution in [1.82, 2.24) is 5.32 Å². The summed E-state index contributed by atoms with van der Waals surface area (Å²) in [6.07, 6.45) is 5.98. The average molecular weight is 229 g/mol. The molecule has 1 saturated carbocycles. The summed E-state index contributed by atoms with van der Waals surface area (Å²) in [5.41, 5.74) is 0. The van der Waals surface area contributed by atoms with Crippen LogP contribution in [0.5, 0.6) is 0 Å². The van der Waals surface area contributed by atoms with Crippen LogP contribution in [0, 0.1) is 5.92 Å². The van der Waals surface area contributed by atoms with E-state index in [2.05, 4.69) is 12.2 Å². The van der Waals surface area contributed by atoms with Crippen molar-refractivity contribution < 1.29 is 4.74 Å². The van der Waals surface area contributed by atoms with Gasteiger partial charge in [0.15, 0.2) is 0 Å². The Morgan fingerprint density at radius 1 is 1.40 bits per heavy atom. The van der Waals surface area contributed by atoms with Crippen LogP contribution < -0.4 is 5.32 Å². The summed E-state index contributed by atoms with van der Waals surface area (Å²) in [6.45, 7) is 4.47. The van der Waals surface area contributed by atoms with Crippen molar-refractivity contribution in [1.29, 1.82) is 0 Å². The lowest BCUT2D eigenvalue weighted by Crippen LogP contribution is -2.30. The van der Waals surface area contributed by atoms with Gasteiger partial charge in [-0.3, -0.25) is 0 Å². The first kappa shape index (κ1) is 11.7. The molecule has 1 heterocycles. The maximum Gasteiger partial charge on any atom is 0.0666 e. The van der Waals surface area contributed by atoms with E-state index in [1.807, 2.05) is 11.8 Å². The molecule has 0 bridgehead atoms. The van der Waals surface area contributed by atoms with Crippen LogP contribution in [0.1, 0.15) is 32.6 Å². The Bertz CT molecular complexity index is 174. The SMILES string of the molecule is CC(NCCSCC1CCCO1)C1CC1. The molecule has 3 heteroatoms. The van der Waals surface area contributed by atoms with E-state index in [9.17, 15) is 0 Å². The Kier molecular flexibility index (Phi) is 4.79. The van der Waals surface area contributed by atoms with E-state index in [4.69, 9.17) is 4.74 Å². The lowest BCUT2D eigenvalue weighted by atomic mass is 10.2. The van der Waals surface area contributed by atoms with Crippen LogP contribution in [-0.4, -0.2) is 36.8 Å². The topological polar surface area (TPSA) is 21.3 Å². The number of nitrogens with one attached hydrogen (secondary N) is 1. The molecular formula is C12H23NOS. The highest BCUT2D eigenvalue weighted by atomic mass is 32.2. The molecule has 2 fully saturated rings. The second-order valence-electron chi connectivity index (χ2n) is 4.79. The molecule has 0 amide bonds. The molecule has 2 nitrogen and oxygen atoms in total. The quantitative estimate of drug-likeness (QED) is 0.677. The van der Waals surface area contributed by atoms with Gasteiger partial charge >= 0.3 is 0 Å². The fraction of sp³-hybridized carbons (Fsp3) is 1.00. The molecule has 2 atom stereocenters. The van der Waals surface area contributed by atoms with Crippen LogP contribution in [-0.2, 0) is 4.74 Å². The summed E-state index contributed by atoms with van der Waals surface area (Å²) >= 11 is 2.04. The van der Waals surface area contributed by atoms with Crippen LogP contribution >= 0.6 is 11.8 Å². The summed E-state index contributed by atoms with van der Waals surface area (Å²) < 4.78 is 5.59. The van der Waals surface area contributed by atoms with E-state index < -0.39 is 0 Å². The van der Waals surface area contributed by atoms with Gasteiger partial charge in [0.1, 0.15) is 0 Å². The smallest absolute Gasteiger partial charge is 0.0666 e. The Hall–Kier alpha value is 0.270. The van der Waals surface area contributed by atoms with Crippen molar-refractivity contribution in [3.05, 3.63) is 0 Å². The Morgan fingerprint density at radius 2 is 2.27 bits per heavy atom. The highest BCUT2D eigenvalue weighted by Crippen LogP contribution is 2.32. The molecule has 0 aromatic rings. The van der Waals surface area contributed by atoms with Crippen LogP contribution in [0.3, 0.4) is 0 Å². The van der Waals surface area contributed by atoms with Gasteiger partial charge in [-0.15, -0.1) is 0 Å². The number of hydrogen-bond acceptors (Lipinski definition) is 3. The van der Waals surface area contributed by atoms with Crippen molar-refractivity contribution in [3.8, 4) is 0 Å². The van der Waals surface area contributed by atoms with E-state index in [1.165, 1.54) is 37.2 Å². The van der Waals surface area contributed by atoms with Gasteiger partial charge in [0.05, 0.1) is 6.10 Å². The molecule has 1 aliphatic heterocycles. The number of hydrogen-bond donors (Lipinski definition) is 1. The molecule has 2 unspecified atom stereocenters. The second kappa shape index (κ2) is 6.12. The molecule has 1 saturated heterocycles. The number of ether oxygens (including phenoxy) is 1. The van der Waals surface area contributed by atoms with Crippen molar-refractivity contribution >= 4 is 11.8 Å². The minimum Gasteiger partial charge on any atom is -0.377 e. The van der Waals surface area contributed by atoms with E-state index >= 15 is 0 Å². The average Bonchev–Trinajstić information content (AvgIpc) is 2.97. The van der Waals surface area contributed by atoms with Crippen LogP contribution in [0.15, 0.2) is 0 Å². The van der Waals surface area contributed by atoms with Crippen molar-refractivity contribution in [2.75, 3.05) is 24.7 Å². The zero-order chi connectivity index (χ0) is 10.5. The number of rotatable bonds is 7. The third-order valence-corrected chi connectivity index (χ3v) is 4.47. The molecule has 0 radical (unpaired) electrons. The highest BCUT2D eigenvalue weighted by molar-refractivity contribution is 7.99. The normalized spacial score (nSPS) is 28.2. The zero-order valence-electron chi connectivity index (χ0n) is 9.71. The first-order valence-corrected chi connectivity index (χ1v) is 7.44. The predicted octanol–water partition coefficient (Wildman–Crippen LogP) is 2.29. The first-order chi connectivity index (χ1) is 7.36. The van der Waals surface area contributed by atoms with Gasteiger partial charge in [0, 0.05) is 30.7 Å². The van der Waals surface area contributed by atoms with Crippen molar-refractivity contribution in [2.45, 2.75) is 44.8 Å². The lowest BCUT2D eigenvalue weighted by molar-refractivity contribution is 0.129. The summed E-state index contributed by atoms with van der Waals surface area (Å²) in [6, 6.07) is 0.744. The van der Waals surface area contributed by atoms with Gasteiger partial charge in [-0.2, -0.15) is 11.8 Å². The molecule has 15 heavy (non-hydrogen) atoms. The van der Waals surface area contributed by atoms with E-state index in [-0.39, 0.29) is 0 Å². The van der Waals surface area contributed by atoms with Crippen LogP contribution in [0.25, 0.3) is 0 Å². The van der Waals surface area contributed by atoms with Crippen molar-refractivity contribution in [3.63, 3.8) is 0 Å². The van der Waals surface area contributed by atoms with Gasteiger partial charge in [-0.1, -0.05) is 0 Å². The fourth-order valence-corrected chi connectivity index (χ4v) is 3.07. The second-order valence-corrected chi connectivity index (χ2v) is 5.94. The van der Waals surface area contributed by atoms with Gasteiger partial charge in [-0.05, 0) is 38.5 Å². The monoisotopic (exact) mass is 229 g/mol. The molecule has 0 aromatic heterocycles. The van der Waals surface area contributed by atoms with Gasteiger partial charge in [-0.25, -0.2) is 0 Å². The summed E-state index contributed by atoms with van der Waals surface area (Å²) in [7, 11) is 0. The Morgan fingerprint density at radius 3 is 2.93 bits per heavy atom. The number of thioether (sulfide) groups is 1. The molecular weight excluding hydrogens is 206 g/mol. The predicted molar refractivity (Wildman–Crippen MR) is 66.5 cm³/mol. The third-order valence-electron chi connectivity index (χ3n) is 3.37. The molecule has 88 valence electrons. The maximum absolute atomic E-state index is 5.59. The minimum absolute atomic E-state index is 0.552. The zero-order valence-corrected chi connectivity index (χ0v) is 10.5. The van der Waals surface area contributed by atoms with E-state index in [1.54, 1.807) is 0 Å². The van der Waals surface area contributed by atoms with Crippen LogP contribution in [0.4, 0.5) is 0 Å². The van der Waals surface area contributed by atoms with E-state index in [0.29, 0.717) is 6.10 Å². The summed E-state index contributed by atoms with van der Waals surface area (Å²) in [4.78, 5) is 0. The van der Waals surface area contributed by atoms with Gasteiger partial charge in [0.2, 0.25) is 0 Å². The van der Waals surface area contributed by atoms with Crippen LogP contribution in [0.2, 0.25) is 0 Å². The lowest BCUT2D eigenvalue weighted by Gasteiger charge is -2.13. The molecule has 0 spiro atoms. The summed E-state index contributed by atoms with van der Waals surface area (Å²) in [5.74, 6) is 3.41. The van der Waals surface area contributed by atoms with Gasteiger partial charge < -0.3 is 10.1 Å². The largest absolute Gasteiger partial charge is 0.377 e. The van der Waals surface area contributed by atoms with Crippen molar-refractivity contribution in [2.24, 2.45) is 5.92 Å².